The number of hydrogen-bond donors (Lipinski definition) is 2. The molecule has 2 aromatic rings. The molecule has 2 N–H and O–H groups in total. The number of aryl methyl sites for hydroxylation is 1. The van der Waals surface area contributed by atoms with E-state index < -0.39 is 0 Å². The molecule has 7 heteroatoms. The van der Waals surface area contributed by atoms with E-state index in [2.05, 4.69) is 15.8 Å². The standard InChI is InChI=1S/C17H20ClN3O3/c1-12-10-16(24-21-12)20-15(22)11-19-17(6-8-23-9-7-17)13-2-4-14(18)5-3-13/h2-5,10,19H,6-9,11H2,1H3,(H,20,22). The molecule has 24 heavy (non-hydrogen) atoms. The highest BCUT2D eigenvalue weighted by Gasteiger charge is 2.34. The van der Waals surface area contributed by atoms with Gasteiger partial charge in [-0.25, -0.2) is 0 Å². The summed E-state index contributed by atoms with van der Waals surface area (Å²) >= 11 is 5.99. The zero-order valence-electron chi connectivity index (χ0n) is 13.5. The van der Waals surface area contributed by atoms with Gasteiger partial charge in [0.05, 0.1) is 12.2 Å². The molecule has 128 valence electrons. The third kappa shape index (κ3) is 3.95. The van der Waals surface area contributed by atoms with Crippen molar-refractivity contribution >= 4 is 23.4 Å². The molecule has 0 radical (unpaired) electrons. The first kappa shape index (κ1) is 17.0. The first-order valence-electron chi connectivity index (χ1n) is 7.89. The topological polar surface area (TPSA) is 76.4 Å². The molecular weight excluding hydrogens is 330 g/mol. The number of carbonyl (C=O) groups excluding carboxylic acids is 1. The Labute approximate surface area is 145 Å². The molecule has 1 aliphatic rings. The maximum Gasteiger partial charge on any atom is 0.240 e. The van der Waals surface area contributed by atoms with Crippen LogP contribution >= 0.6 is 11.6 Å². The van der Waals surface area contributed by atoms with Crippen LogP contribution in [0.2, 0.25) is 5.02 Å². The van der Waals surface area contributed by atoms with Gasteiger partial charge in [-0.3, -0.25) is 15.4 Å². The monoisotopic (exact) mass is 349 g/mol. The van der Waals surface area contributed by atoms with Crippen LogP contribution in [0.25, 0.3) is 0 Å². The van der Waals surface area contributed by atoms with E-state index in [1.165, 1.54) is 0 Å². The lowest BCUT2D eigenvalue weighted by Gasteiger charge is -2.38. The van der Waals surface area contributed by atoms with Crippen molar-refractivity contribution in [1.82, 2.24) is 10.5 Å². The predicted octanol–water partition coefficient (Wildman–Crippen LogP) is 2.87. The van der Waals surface area contributed by atoms with Crippen LogP contribution in [0.15, 0.2) is 34.9 Å². The van der Waals surface area contributed by atoms with Gasteiger partial charge in [0.2, 0.25) is 11.8 Å². The molecule has 0 saturated carbocycles. The molecule has 1 aliphatic heterocycles. The van der Waals surface area contributed by atoms with Gasteiger partial charge in [0.15, 0.2) is 0 Å². The molecule has 1 amide bonds. The summed E-state index contributed by atoms with van der Waals surface area (Å²) < 4.78 is 10.5. The largest absolute Gasteiger partial charge is 0.381 e. The van der Waals surface area contributed by atoms with Crippen LogP contribution in [-0.2, 0) is 15.1 Å². The molecule has 1 aromatic heterocycles. The summed E-state index contributed by atoms with van der Waals surface area (Å²) in [4.78, 5) is 12.2. The van der Waals surface area contributed by atoms with Crippen molar-refractivity contribution in [1.29, 1.82) is 0 Å². The van der Waals surface area contributed by atoms with Crippen LogP contribution in [0.3, 0.4) is 0 Å². The normalized spacial score (nSPS) is 16.8. The quantitative estimate of drug-likeness (QED) is 0.868. The van der Waals surface area contributed by atoms with Crippen molar-refractivity contribution in [2.45, 2.75) is 25.3 Å². The molecule has 1 saturated heterocycles. The number of rotatable bonds is 5. The number of amides is 1. The average Bonchev–Trinajstić information content (AvgIpc) is 2.99. The highest BCUT2D eigenvalue weighted by Crippen LogP contribution is 2.32. The number of anilines is 1. The Morgan fingerprint density at radius 3 is 2.62 bits per heavy atom. The molecule has 0 spiro atoms. The fraction of sp³-hybridized carbons (Fsp3) is 0.412. The van der Waals surface area contributed by atoms with E-state index in [1.807, 2.05) is 24.3 Å². The number of ether oxygens (including phenoxy) is 1. The smallest absolute Gasteiger partial charge is 0.240 e. The van der Waals surface area contributed by atoms with E-state index in [0.29, 0.717) is 24.1 Å². The maximum atomic E-state index is 12.2. The molecule has 3 rings (SSSR count). The van der Waals surface area contributed by atoms with Crippen LogP contribution in [0, 0.1) is 6.92 Å². The number of aromatic nitrogens is 1. The molecule has 0 aliphatic carbocycles. The van der Waals surface area contributed by atoms with E-state index in [9.17, 15) is 4.79 Å². The fourth-order valence-electron chi connectivity index (χ4n) is 2.91. The molecule has 6 nitrogen and oxygen atoms in total. The van der Waals surface area contributed by atoms with Gasteiger partial charge in [-0.05, 0) is 37.5 Å². The second-order valence-electron chi connectivity index (χ2n) is 5.94. The van der Waals surface area contributed by atoms with Crippen molar-refractivity contribution in [2.75, 3.05) is 25.1 Å². The van der Waals surface area contributed by atoms with Gasteiger partial charge >= 0.3 is 0 Å². The number of hydrogen-bond acceptors (Lipinski definition) is 5. The molecule has 1 aromatic carbocycles. The lowest BCUT2D eigenvalue weighted by Crippen LogP contribution is -2.49. The Hall–Kier alpha value is -1.89. The molecule has 2 heterocycles. The lowest BCUT2D eigenvalue weighted by molar-refractivity contribution is -0.116. The van der Waals surface area contributed by atoms with Crippen LogP contribution in [0.1, 0.15) is 24.1 Å². The van der Waals surface area contributed by atoms with Crippen molar-refractivity contribution in [3.05, 3.63) is 46.6 Å². The Balaban J connectivity index is 1.68. The van der Waals surface area contributed by atoms with Crippen LogP contribution in [-0.4, -0.2) is 30.8 Å². The SMILES string of the molecule is Cc1cc(NC(=O)CNC2(c3ccc(Cl)cc3)CCOCC2)on1. The summed E-state index contributed by atoms with van der Waals surface area (Å²) in [5, 5.41) is 10.5. The van der Waals surface area contributed by atoms with Crippen molar-refractivity contribution in [3.63, 3.8) is 0 Å². The number of benzene rings is 1. The third-order valence-electron chi connectivity index (χ3n) is 4.22. The average molecular weight is 350 g/mol. The van der Waals surface area contributed by atoms with E-state index in [-0.39, 0.29) is 18.0 Å². The highest BCUT2D eigenvalue weighted by atomic mass is 35.5. The van der Waals surface area contributed by atoms with Crippen LogP contribution in [0.5, 0.6) is 0 Å². The van der Waals surface area contributed by atoms with Crippen LogP contribution in [0.4, 0.5) is 5.88 Å². The van der Waals surface area contributed by atoms with Crippen LogP contribution < -0.4 is 10.6 Å². The minimum atomic E-state index is -0.294. The molecule has 0 bridgehead atoms. The summed E-state index contributed by atoms with van der Waals surface area (Å²) in [7, 11) is 0. The number of carbonyl (C=O) groups is 1. The number of nitrogens with zero attached hydrogens (tertiary/aromatic N) is 1. The third-order valence-corrected chi connectivity index (χ3v) is 4.47. The molecule has 0 atom stereocenters. The zero-order chi connectivity index (χ0) is 17.0. The van der Waals surface area contributed by atoms with Gasteiger partial charge in [0.25, 0.3) is 0 Å². The summed E-state index contributed by atoms with van der Waals surface area (Å²) in [6.45, 7) is 3.27. The number of halogens is 1. The van der Waals surface area contributed by atoms with Crippen molar-refractivity contribution < 1.29 is 14.1 Å². The number of nitrogens with one attached hydrogen (secondary N) is 2. The molecular formula is C17H20ClN3O3. The summed E-state index contributed by atoms with van der Waals surface area (Å²) in [5.74, 6) is 0.179. The van der Waals surface area contributed by atoms with Gasteiger partial charge in [0, 0.05) is 29.8 Å². The van der Waals surface area contributed by atoms with Gasteiger partial charge in [-0.2, -0.15) is 0 Å². The fourth-order valence-corrected chi connectivity index (χ4v) is 3.04. The minimum Gasteiger partial charge on any atom is -0.381 e. The van der Waals surface area contributed by atoms with Gasteiger partial charge < -0.3 is 9.26 Å². The van der Waals surface area contributed by atoms with E-state index >= 15 is 0 Å². The predicted molar refractivity (Wildman–Crippen MR) is 91.1 cm³/mol. The first-order chi connectivity index (χ1) is 11.6. The second kappa shape index (κ2) is 7.34. The molecule has 1 fully saturated rings. The van der Waals surface area contributed by atoms with Crippen molar-refractivity contribution in [2.24, 2.45) is 0 Å². The summed E-state index contributed by atoms with van der Waals surface area (Å²) in [5.41, 5.74) is 1.54. The second-order valence-corrected chi connectivity index (χ2v) is 6.37. The zero-order valence-corrected chi connectivity index (χ0v) is 14.2. The van der Waals surface area contributed by atoms with E-state index in [0.717, 1.165) is 24.1 Å². The van der Waals surface area contributed by atoms with Crippen molar-refractivity contribution in [3.8, 4) is 0 Å². The van der Waals surface area contributed by atoms with Gasteiger partial charge in [0.1, 0.15) is 0 Å². The Morgan fingerprint density at radius 2 is 2.00 bits per heavy atom. The summed E-state index contributed by atoms with van der Waals surface area (Å²) in [6, 6.07) is 9.42. The lowest BCUT2D eigenvalue weighted by atomic mass is 9.82. The van der Waals surface area contributed by atoms with E-state index in [1.54, 1.807) is 13.0 Å². The highest BCUT2D eigenvalue weighted by molar-refractivity contribution is 6.30. The van der Waals surface area contributed by atoms with Gasteiger partial charge in [-0.15, -0.1) is 0 Å². The summed E-state index contributed by atoms with van der Waals surface area (Å²) in [6.07, 6.45) is 1.59. The minimum absolute atomic E-state index is 0.169. The Kier molecular flexibility index (Phi) is 5.18. The van der Waals surface area contributed by atoms with E-state index in [4.69, 9.17) is 20.9 Å². The Bertz CT molecular complexity index is 693. The van der Waals surface area contributed by atoms with Gasteiger partial charge in [-0.1, -0.05) is 28.9 Å². The molecule has 0 unspecified atom stereocenters. The Morgan fingerprint density at radius 1 is 1.29 bits per heavy atom. The maximum absolute atomic E-state index is 12.2. The first-order valence-corrected chi connectivity index (χ1v) is 8.27.